The van der Waals surface area contributed by atoms with Crippen LogP contribution in [0.3, 0.4) is 0 Å². The summed E-state index contributed by atoms with van der Waals surface area (Å²) in [7, 11) is 0. The summed E-state index contributed by atoms with van der Waals surface area (Å²) in [4.78, 5) is 30.4. The SMILES string of the molecule is O=C(CCC1CCCN(C(=O)CCn2cncn2)C1)NCc1ccccc1Cl. The highest BCUT2D eigenvalue weighted by Gasteiger charge is 2.24. The van der Waals surface area contributed by atoms with Crippen LogP contribution in [0.25, 0.3) is 0 Å². The third kappa shape index (κ3) is 6.05. The highest BCUT2D eigenvalue weighted by molar-refractivity contribution is 6.31. The Labute approximate surface area is 170 Å². The summed E-state index contributed by atoms with van der Waals surface area (Å²) < 4.78 is 1.67. The number of piperidine rings is 1. The maximum atomic E-state index is 12.4. The average Bonchev–Trinajstić information content (AvgIpc) is 3.24. The van der Waals surface area contributed by atoms with Crippen molar-refractivity contribution < 1.29 is 9.59 Å². The molecule has 0 bridgehead atoms. The average molecular weight is 404 g/mol. The van der Waals surface area contributed by atoms with Gasteiger partial charge >= 0.3 is 0 Å². The fourth-order valence-electron chi connectivity index (χ4n) is 3.50. The van der Waals surface area contributed by atoms with Crippen LogP contribution in [-0.4, -0.2) is 44.6 Å². The molecular weight excluding hydrogens is 378 g/mol. The number of likely N-dealkylation sites (tertiary alicyclic amines) is 1. The molecule has 1 N–H and O–H groups in total. The highest BCUT2D eigenvalue weighted by atomic mass is 35.5. The number of rotatable bonds is 8. The second kappa shape index (κ2) is 10.2. The van der Waals surface area contributed by atoms with E-state index in [1.807, 2.05) is 29.2 Å². The summed E-state index contributed by atoms with van der Waals surface area (Å²) in [6, 6.07) is 7.51. The van der Waals surface area contributed by atoms with Crippen molar-refractivity contribution in [2.24, 2.45) is 5.92 Å². The number of nitrogens with one attached hydrogen (secondary N) is 1. The maximum absolute atomic E-state index is 12.4. The van der Waals surface area contributed by atoms with Crippen molar-refractivity contribution in [3.8, 4) is 0 Å². The maximum Gasteiger partial charge on any atom is 0.224 e. The molecule has 3 rings (SSSR count). The lowest BCUT2D eigenvalue weighted by molar-refractivity contribution is -0.133. The van der Waals surface area contributed by atoms with Gasteiger partial charge in [-0.05, 0) is 36.8 Å². The Morgan fingerprint density at radius 2 is 2.11 bits per heavy atom. The zero-order valence-corrected chi connectivity index (χ0v) is 16.6. The lowest BCUT2D eigenvalue weighted by atomic mass is 9.93. The summed E-state index contributed by atoms with van der Waals surface area (Å²) in [5, 5.41) is 7.62. The molecule has 1 aromatic heterocycles. The van der Waals surface area contributed by atoms with Crippen molar-refractivity contribution in [1.29, 1.82) is 0 Å². The van der Waals surface area contributed by atoms with Gasteiger partial charge in [-0.25, -0.2) is 4.98 Å². The molecule has 150 valence electrons. The van der Waals surface area contributed by atoms with E-state index in [-0.39, 0.29) is 11.8 Å². The molecule has 2 heterocycles. The Balaban J connectivity index is 1.37. The fraction of sp³-hybridized carbons (Fsp3) is 0.500. The van der Waals surface area contributed by atoms with Crippen molar-refractivity contribution >= 4 is 23.4 Å². The molecule has 1 fully saturated rings. The van der Waals surface area contributed by atoms with Crippen LogP contribution in [0.5, 0.6) is 0 Å². The van der Waals surface area contributed by atoms with Crippen molar-refractivity contribution in [3.63, 3.8) is 0 Å². The fourth-order valence-corrected chi connectivity index (χ4v) is 3.71. The van der Waals surface area contributed by atoms with E-state index < -0.39 is 0 Å². The van der Waals surface area contributed by atoms with E-state index in [2.05, 4.69) is 15.4 Å². The van der Waals surface area contributed by atoms with Crippen LogP contribution < -0.4 is 5.32 Å². The summed E-state index contributed by atoms with van der Waals surface area (Å²) in [5.41, 5.74) is 0.916. The number of amides is 2. The first-order valence-corrected chi connectivity index (χ1v) is 10.1. The van der Waals surface area contributed by atoms with Gasteiger partial charge in [0.05, 0.1) is 6.54 Å². The van der Waals surface area contributed by atoms with Gasteiger partial charge < -0.3 is 10.2 Å². The van der Waals surface area contributed by atoms with Crippen molar-refractivity contribution in [1.82, 2.24) is 25.0 Å². The summed E-state index contributed by atoms with van der Waals surface area (Å²) in [5.74, 6) is 0.535. The van der Waals surface area contributed by atoms with E-state index in [1.54, 1.807) is 11.0 Å². The highest BCUT2D eigenvalue weighted by Crippen LogP contribution is 2.22. The molecule has 1 aliphatic rings. The first-order valence-electron chi connectivity index (χ1n) is 9.72. The predicted octanol–water partition coefficient (Wildman–Crippen LogP) is 2.66. The van der Waals surface area contributed by atoms with Gasteiger partial charge in [0.25, 0.3) is 0 Å². The van der Waals surface area contributed by atoms with Crippen LogP contribution in [0.4, 0.5) is 0 Å². The van der Waals surface area contributed by atoms with E-state index in [9.17, 15) is 9.59 Å². The monoisotopic (exact) mass is 403 g/mol. The normalized spacial score (nSPS) is 16.8. The first kappa shape index (κ1) is 20.3. The van der Waals surface area contributed by atoms with Crippen molar-refractivity contribution in [2.75, 3.05) is 13.1 Å². The van der Waals surface area contributed by atoms with Crippen LogP contribution in [0.2, 0.25) is 5.02 Å². The molecule has 2 aromatic rings. The van der Waals surface area contributed by atoms with E-state index in [1.165, 1.54) is 6.33 Å². The Morgan fingerprint density at radius 3 is 2.89 bits per heavy atom. The third-order valence-electron chi connectivity index (χ3n) is 5.11. The Kier molecular flexibility index (Phi) is 7.42. The molecule has 0 spiro atoms. The second-order valence-corrected chi connectivity index (χ2v) is 7.57. The molecule has 1 atom stereocenters. The number of benzene rings is 1. The molecular formula is C20H26ClN5O2. The lowest BCUT2D eigenvalue weighted by Crippen LogP contribution is -2.40. The Bertz CT molecular complexity index is 781. The van der Waals surface area contributed by atoms with Gasteiger partial charge in [0.15, 0.2) is 0 Å². The van der Waals surface area contributed by atoms with Crippen molar-refractivity contribution in [3.05, 3.63) is 47.5 Å². The minimum atomic E-state index is 0.0227. The summed E-state index contributed by atoms with van der Waals surface area (Å²) in [6.07, 6.45) is 6.82. The zero-order chi connectivity index (χ0) is 19.8. The Hall–Kier alpha value is -2.41. The number of halogens is 1. The van der Waals surface area contributed by atoms with Gasteiger partial charge in [-0.15, -0.1) is 0 Å². The number of hydrogen-bond donors (Lipinski definition) is 1. The van der Waals surface area contributed by atoms with Crippen LogP contribution in [0.1, 0.15) is 37.7 Å². The smallest absolute Gasteiger partial charge is 0.224 e. The first-order chi connectivity index (χ1) is 13.6. The molecule has 28 heavy (non-hydrogen) atoms. The molecule has 7 nitrogen and oxygen atoms in total. The number of aromatic nitrogens is 3. The lowest BCUT2D eigenvalue weighted by Gasteiger charge is -2.33. The number of carbonyl (C=O) groups is 2. The van der Waals surface area contributed by atoms with E-state index in [0.717, 1.165) is 37.9 Å². The molecule has 0 saturated carbocycles. The largest absolute Gasteiger partial charge is 0.352 e. The molecule has 1 aromatic carbocycles. The molecule has 1 saturated heterocycles. The molecule has 0 aliphatic carbocycles. The van der Waals surface area contributed by atoms with Gasteiger partial charge in [-0.1, -0.05) is 29.8 Å². The van der Waals surface area contributed by atoms with Crippen molar-refractivity contribution in [2.45, 2.75) is 45.2 Å². The molecule has 2 amide bonds. The summed E-state index contributed by atoms with van der Waals surface area (Å²) >= 11 is 6.11. The van der Waals surface area contributed by atoms with Gasteiger partial charge in [-0.3, -0.25) is 14.3 Å². The van der Waals surface area contributed by atoms with Gasteiger partial charge in [0.2, 0.25) is 11.8 Å². The number of nitrogens with zero attached hydrogens (tertiary/aromatic N) is 4. The number of aryl methyl sites for hydroxylation is 1. The van der Waals surface area contributed by atoms with Gasteiger partial charge in [0, 0.05) is 37.5 Å². The molecule has 0 radical (unpaired) electrons. The van der Waals surface area contributed by atoms with Crippen LogP contribution >= 0.6 is 11.6 Å². The number of hydrogen-bond acceptors (Lipinski definition) is 4. The zero-order valence-electron chi connectivity index (χ0n) is 15.9. The van der Waals surface area contributed by atoms with Crippen LogP contribution in [-0.2, 0) is 22.7 Å². The predicted molar refractivity (Wildman–Crippen MR) is 106 cm³/mol. The van der Waals surface area contributed by atoms with E-state index >= 15 is 0 Å². The standard InChI is InChI=1S/C20H26ClN5O2/c21-18-6-2-1-5-17(18)12-23-19(27)8-7-16-4-3-10-25(13-16)20(28)9-11-26-15-22-14-24-26/h1-2,5-6,14-16H,3-4,7-13H2,(H,23,27). The van der Waals surface area contributed by atoms with Crippen LogP contribution in [0.15, 0.2) is 36.9 Å². The van der Waals surface area contributed by atoms with E-state index in [0.29, 0.717) is 36.9 Å². The Morgan fingerprint density at radius 1 is 1.25 bits per heavy atom. The summed E-state index contributed by atoms with van der Waals surface area (Å²) in [6.45, 7) is 2.51. The topological polar surface area (TPSA) is 80.1 Å². The van der Waals surface area contributed by atoms with E-state index in [4.69, 9.17) is 11.6 Å². The van der Waals surface area contributed by atoms with Crippen LogP contribution in [0, 0.1) is 5.92 Å². The molecule has 8 heteroatoms. The third-order valence-corrected chi connectivity index (χ3v) is 5.48. The quantitative estimate of drug-likeness (QED) is 0.734. The second-order valence-electron chi connectivity index (χ2n) is 7.16. The minimum absolute atomic E-state index is 0.0227. The minimum Gasteiger partial charge on any atom is -0.352 e. The number of carbonyl (C=O) groups excluding carboxylic acids is 2. The van der Waals surface area contributed by atoms with Gasteiger partial charge in [-0.2, -0.15) is 5.10 Å². The molecule has 1 unspecified atom stereocenters. The van der Waals surface area contributed by atoms with Gasteiger partial charge in [0.1, 0.15) is 12.7 Å². The molecule has 1 aliphatic heterocycles.